The Balaban J connectivity index is 2.21. The van der Waals surface area contributed by atoms with Gasteiger partial charge in [-0.1, -0.05) is 26.7 Å². The molecule has 2 N–H and O–H groups in total. The van der Waals surface area contributed by atoms with Crippen LogP contribution in [0.3, 0.4) is 0 Å². The highest BCUT2D eigenvalue weighted by molar-refractivity contribution is 7.09. The Morgan fingerprint density at radius 2 is 2.13 bits per heavy atom. The highest BCUT2D eigenvalue weighted by Crippen LogP contribution is 2.14. The first-order chi connectivity index (χ1) is 7.08. The number of aryl methyl sites for hydroxylation is 1. The zero-order chi connectivity index (χ0) is 11.3. The molecule has 0 aromatic carbocycles. The van der Waals surface area contributed by atoms with E-state index in [9.17, 15) is 0 Å². The van der Waals surface area contributed by atoms with E-state index in [4.69, 9.17) is 5.73 Å². The van der Waals surface area contributed by atoms with Crippen molar-refractivity contribution in [2.45, 2.75) is 52.5 Å². The van der Waals surface area contributed by atoms with E-state index >= 15 is 0 Å². The molecule has 0 saturated heterocycles. The van der Waals surface area contributed by atoms with Crippen molar-refractivity contribution < 1.29 is 0 Å². The third-order valence-corrected chi connectivity index (χ3v) is 3.45. The van der Waals surface area contributed by atoms with Crippen LogP contribution in [0.15, 0.2) is 5.38 Å². The van der Waals surface area contributed by atoms with Gasteiger partial charge in [-0.15, -0.1) is 11.3 Å². The second kappa shape index (κ2) is 6.23. The molecule has 0 aliphatic rings. The van der Waals surface area contributed by atoms with E-state index < -0.39 is 0 Å². The maximum Gasteiger partial charge on any atom is 0.0943 e. The largest absolute Gasteiger partial charge is 0.327 e. The molecule has 1 unspecified atom stereocenters. The number of nitrogens with zero attached hydrogens (tertiary/aromatic N) is 1. The molecule has 0 radical (unpaired) electrons. The van der Waals surface area contributed by atoms with Gasteiger partial charge in [-0.3, -0.25) is 0 Å². The fourth-order valence-corrected chi connectivity index (χ4v) is 2.48. The van der Waals surface area contributed by atoms with Crippen molar-refractivity contribution in [1.82, 2.24) is 4.98 Å². The van der Waals surface area contributed by atoms with Crippen LogP contribution in [0.4, 0.5) is 0 Å². The van der Waals surface area contributed by atoms with Crippen LogP contribution in [-0.4, -0.2) is 11.0 Å². The molecule has 0 spiro atoms. The summed E-state index contributed by atoms with van der Waals surface area (Å²) < 4.78 is 0. The van der Waals surface area contributed by atoms with E-state index in [2.05, 4.69) is 24.2 Å². The van der Waals surface area contributed by atoms with E-state index in [-0.39, 0.29) is 6.04 Å². The highest BCUT2D eigenvalue weighted by Gasteiger charge is 2.07. The van der Waals surface area contributed by atoms with Crippen LogP contribution in [0.5, 0.6) is 0 Å². The summed E-state index contributed by atoms with van der Waals surface area (Å²) in [6.07, 6.45) is 4.58. The number of thiazole rings is 1. The van der Waals surface area contributed by atoms with Gasteiger partial charge in [0.1, 0.15) is 0 Å². The van der Waals surface area contributed by atoms with Gasteiger partial charge in [-0.25, -0.2) is 4.98 Å². The van der Waals surface area contributed by atoms with Crippen LogP contribution < -0.4 is 5.73 Å². The molecular formula is C12H22N2S. The molecule has 15 heavy (non-hydrogen) atoms. The average molecular weight is 226 g/mol. The van der Waals surface area contributed by atoms with Crippen LogP contribution >= 0.6 is 11.3 Å². The predicted octanol–water partition coefficient (Wildman–Crippen LogP) is 3.15. The third-order valence-electron chi connectivity index (χ3n) is 2.46. The molecule has 1 rings (SSSR count). The Morgan fingerprint density at radius 3 is 2.67 bits per heavy atom. The lowest BCUT2D eigenvalue weighted by Crippen LogP contribution is -2.22. The Bertz CT molecular complexity index is 281. The molecule has 1 atom stereocenters. The molecule has 3 heteroatoms. The monoisotopic (exact) mass is 226 g/mol. The van der Waals surface area contributed by atoms with Crippen molar-refractivity contribution in [2.24, 2.45) is 11.7 Å². The van der Waals surface area contributed by atoms with E-state index in [0.717, 1.165) is 24.5 Å². The van der Waals surface area contributed by atoms with Crippen LogP contribution in [0.2, 0.25) is 0 Å². The number of aromatic nitrogens is 1. The topological polar surface area (TPSA) is 38.9 Å². The van der Waals surface area contributed by atoms with E-state index in [0.29, 0.717) is 0 Å². The van der Waals surface area contributed by atoms with Crippen molar-refractivity contribution in [3.63, 3.8) is 0 Å². The van der Waals surface area contributed by atoms with Gasteiger partial charge in [0.05, 0.1) is 5.01 Å². The van der Waals surface area contributed by atoms with Gasteiger partial charge in [0.2, 0.25) is 0 Å². The van der Waals surface area contributed by atoms with E-state index in [1.54, 1.807) is 11.3 Å². The molecular weight excluding hydrogens is 204 g/mol. The summed E-state index contributed by atoms with van der Waals surface area (Å²) in [6.45, 7) is 6.55. The number of hydrogen-bond acceptors (Lipinski definition) is 3. The number of hydrogen-bond donors (Lipinski definition) is 1. The fraction of sp³-hybridized carbons (Fsp3) is 0.750. The SMILES string of the molecule is Cc1csc(CC(N)CCCC(C)C)n1. The molecule has 0 saturated carbocycles. The fourth-order valence-electron chi connectivity index (χ4n) is 1.61. The maximum atomic E-state index is 6.07. The molecule has 1 aromatic rings. The molecule has 1 aromatic heterocycles. The van der Waals surface area contributed by atoms with Crippen molar-refractivity contribution in [3.05, 3.63) is 16.1 Å². The minimum atomic E-state index is 0.286. The van der Waals surface area contributed by atoms with Crippen molar-refractivity contribution in [1.29, 1.82) is 0 Å². The minimum Gasteiger partial charge on any atom is -0.327 e. The summed E-state index contributed by atoms with van der Waals surface area (Å²) in [5, 5.41) is 3.28. The lowest BCUT2D eigenvalue weighted by molar-refractivity contribution is 0.495. The smallest absolute Gasteiger partial charge is 0.0943 e. The molecule has 0 fully saturated rings. The van der Waals surface area contributed by atoms with Gasteiger partial charge in [-0.05, 0) is 19.3 Å². The molecule has 86 valence electrons. The summed E-state index contributed by atoms with van der Waals surface area (Å²) in [5.74, 6) is 0.791. The van der Waals surface area contributed by atoms with E-state index in [1.165, 1.54) is 17.8 Å². The second-order valence-corrected chi connectivity index (χ2v) is 5.61. The Morgan fingerprint density at radius 1 is 1.40 bits per heavy atom. The quantitative estimate of drug-likeness (QED) is 0.809. The summed E-state index contributed by atoms with van der Waals surface area (Å²) in [4.78, 5) is 4.43. The van der Waals surface area contributed by atoms with Gasteiger partial charge in [0, 0.05) is 23.5 Å². The lowest BCUT2D eigenvalue weighted by atomic mass is 10.0. The highest BCUT2D eigenvalue weighted by atomic mass is 32.1. The maximum absolute atomic E-state index is 6.07. The Kier molecular flexibility index (Phi) is 5.26. The van der Waals surface area contributed by atoms with Gasteiger partial charge in [0.25, 0.3) is 0 Å². The molecule has 1 heterocycles. The first-order valence-corrected chi connectivity index (χ1v) is 6.62. The average Bonchev–Trinajstić information content (AvgIpc) is 2.50. The van der Waals surface area contributed by atoms with Crippen molar-refractivity contribution in [3.8, 4) is 0 Å². The van der Waals surface area contributed by atoms with Crippen LogP contribution in [0, 0.1) is 12.8 Å². The second-order valence-electron chi connectivity index (χ2n) is 4.67. The Labute approximate surface area is 96.9 Å². The van der Waals surface area contributed by atoms with Crippen LogP contribution in [0.25, 0.3) is 0 Å². The summed E-state index contributed by atoms with van der Waals surface area (Å²) in [6, 6.07) is 0.286. The van der Waals surface area contributed by atoms with Gasteiger partial charge >= 0.3 is 0 Å². The van der Waals surface area contributed by atoms with Gasteiger partial charge in [-0.2, -0.15) is 0 Å². The van der Waals surface area contributed by atoms with Crippen LogP contribution in [-0.2, 0) is 6.42 Å². The van der Waals surface area contributed by atoms with Gasteiger partial charge < -0.3 is 5.73 Å². The third kappa shape index (κ3) is 5.28. The zero-order valence-corrected chi connectivity index (χ0v) is 10.8. The molecule has 0 aliphatic carbocycles. The summed E-state index contributed by atoms with van der Waals surface area (Å²) >= 11 is 1.73. The predicted molar refractivity (Wildman–Crippen MR) is 67.2 cm³/mol. The molecule has 0 amide bonds. The lowest BCUT2D eigenvalue weighted by Gasteiger charge is -2.10. The number of rotatable bonds is 6. The van der Waals surface area contributed by atoms with Gasteiger partial charge in [0.15, 0.2) is 0 Å². The van der Waals surface area contributed by atoms with Crippen molar-refractivity contribution in [2.75, 3.05) is 0 Å². The van der Waals surface area contributed by atoms with Crippen LogP contribution in [0.1, 0.15) is 43.8 Å². The standard InChI is InChI=1S/C12H22N2S/c1-9(2)5-4-6-11(13)7-12-14-10(3)8-15-12/h8-9,11H,4-7,13H2,1-3H3. The zero-order valence-electron chi connectivity index (χ0n) is 9.99. The number of nitrogens with two attached hydrogens (primary N) is 1. The molecule has 0 aliphatic heterocycles. The van der Waals surface area contributed by atoms with E-state index in [1.807, 2.05) is 6.92 Å². The first-order valence-electron chi connectivity index (χ1n) is 5.74. The normalized spacial score (nSPS) is 13.4. The minimum absolute atomic E-state index is 0.286. The Hall–Kier alpha value is -0.410. The van der Waals surface area contributed by atoms with Crippen molar-refractivity contribution >= 4 is 11.3 Å². The summed E-state index contributed by atoms with van der Waals surface area (Å²) in [5.41, 5.74) is 7.18. The molecule has 2 nitrogen and oxygen atoms in total. The summed E-state index contributed by atoms with van der Waals surface area (Å²) in [7, 11) is 0. The first kappa shape index (κ1) is 12.7. The molecule has 0 bridgehead atoms.